The van der Waals surface area contributed by atoms with Crippen LogP contribution in [-0.2, 0) is 10.5 Å². The van der Waals surface area contributed by atoms with Crippen molar-refractivity contribution in [2.45, 2.75) is 32.4 Å². The van der Waals surface area contributed by atoms with Crippen LogP contribution in [0.5, 0.6) is 11.5 Å². The number of likely N-dealkylation sites (tertiary alicyclic amines) is 1. The van der Waals surface area contributed by atoms with E-state index in [4.69, 9.17) is 9.47 Å². The van der Waals surface area contributed by atoms with Gasteiger partial charge in [0.1, 0.15) is 11.5 Å². The van der Waals surface area contributed by atoms with Crippen LogP contribution in [0, 0.1) is 11.8 Å². The van der Waals surface area contributed by atoms with E-state index in [9.17, 15) is 14.7 Å². The summed E-state index contributed by atoms with van der Waals surface area (Å²) in [6.07, 6.45) is 1.96. The van der Waals surface area contributed by atoms with Crippen LogP contribution in [0.15, 0.2) is 40.9 Å². The van der Waals surface area contributed by atoms with Crippen LogP contribution >= 0.6 is 15.9 Å². The van der Waals surface area contributed by atoms with Gasteiger partial charge in [0.25, 0.3) is 11.6 Å². The van der Waals surface area contributed by atoms with E-state index in [2.05, 4.69) is 45.3 Å². The number of ether oxygens (including phenoxy) is 2. The van der Waals surface area contributed by atoms with Crippen molar-refractivity contribution in [3.8, 4) is 11.5 Å². The third-order valence-electron chi connectivity index (χ3n) is 6.95. The molecule has 0 spiro atoms. The number of carbonyl (C=O) groups is 2. The van der Waals surface area contributed by atoms with Gasteiger partial charge in [-0.1, -0.05) is 29.8 Å². The molecular formula is C27H35BrN4O5. The van der Waals surface area contributed by atoms with E-state index in [1.165, 1.54) is 20.6 Å². The Morgan fingerprint density at radius 2 is 1.89 bits per heavy atom. The normalized spacial score (nSPS) is 23.7. The number of carbonyl (C=O) groups excluding carboxylic acids is 2. The first-order valence-electron chi connectivity index (χ1n) is 12.5. The van der Waals surface area contributed by atoms with Gasteiger partial charge < -0.3 is 30.1 Å². The second kappa shape index (κ2) is 11.3. The van der Waals surface area contributed by atoms with Gasteiger partial charge in [-0.15, -0.1) is 0 Å². The number of piperidine rings is 1. The molecule has 3 atom stereocenters. The van der Waals surface area contributed by atoms with Gasteiger partial charge in [0.15, 0.2) is 0 Å². The van der Waals surface area contributed by atoms with Crippen molar-refractivity contribution in [2.24, 2.45) is 11.8 Å². The molecule has 37 heavy (non-hydrogen) atoms. The number of nitrogens with zero attached hydrogens (tertiary/aromatic N) is 2. The van der Waals surface area contributed by atoms with Gasteiger partial charge in [-0.3, -0.25) is 4.79 Å². The van der Waals surface area contributed by atoms with Gasteiger partial charge in [0.05, 0.1) is 25.6 Å². The first kappa shape index (κ1) is 27.2. The molecule has 2 aromatic rings. The fourth-order valence-electron chi connectivity index (χ4n) is 5.43. The molecule has 0 unspecified atom stereocenters. The second-order valence-corrected chi connectivity index (χ2v) is 10.9. The molecule has 10 heteroatoms. The molecule has 3 N–H and O–H groups in total. The molecule has 0 saturated carbocycles. The summed E-state index contributed by atoms with van der Waals surface area (Å²) in [5, 5.41) is 17.8. The predicted octanol–water partition coefficient (Wildman–Crippen LogP) is 4.15. The maximum Gasteiger partial charge on any atom is 0.329 e. The van der Waals surface area contributed by atoms with Crippen LogP contribution < -0.4 is 25.0 Å². The Morgan fingerprint density at radius 3 is 2.57 bits per heavy atom. The number of hydrogen-bond acceptors (Lipinski definition) is 6. The minimum Gasteiger partial charge on any atom is -0.497 e. The Kier molecular flexibility index (Phi) is 8.30. The third-order valence-corrected chi connectivity index (χ3v) is 7.44. The molecule has 1 fully saturated rings. The maximum absolute atomic E-state index is 13.7. The fourth-order valence-corrected chi connectivity index (χ4v) is 5.79. The molecule has 1 saturated heterocycles. The monoisotopic (exact) mass is 574 g/mol. The molecule has 2 aliphatic heterocycles. The number of rotatable bonds is 8. The number of halogens is 1. The minimum atomic E-state index is -2.32. The van der Waals surface area contributed by atoms with Crippen molar-refractivity contribution in [1.29, 1.82) is 0 Å². The molecular weight excluding hydrogens is 540 g/mol. The highest BCUT2D eigenvalue weighted by molar-refractivity contribution is 9.10. The number of urea groups is 1. The van der Waals surface area contributed by atoms with Crippen LogP contribution in [0.4, 0.5) is 16.2 Å². The van der Waals surface area contributed by atoms with E-state index in [1.54, 1.807) is 36.4 Å². The molecule has 2 heterocycles. The van der Waals surface area contributed by atoms with Gasteiger partial charge >= 0.3 is 6.03 Å². The van der Waals surface area contributed by atoms with Crippen molar-refractivity contribution in [3.05, 3.63) is 46.4 Å². The van der Waals surface area contributed by atoms with Crippen LogP contribution in [-0.4, -0.2) is 62.3 Å². The number of hydrogen-bond donors (Lipinski definition) is 3. The summed E-state index contributed by atoms with van der Waals surface area (Å²) in [6.45, 7) is 7.85. The zero-order valence-corrected chi connectivity index (χ0v) is 23.3. The second-order valence-electron chi connectivity index (χ2n) is 9.98. The van der Waals surface area contributed by atoms with Crippen LogP contribution in [0.25, 0.3) is 0 Å². The molecule has 9 nitrogen and oxygen atoms in total. The quantitative estimate of drug-likeness (QED) is 0.409. The first-order chi connectivity index (χ1) is 17.7. The number of anilines is 2. The SMILES string of the molecule is COc1ccc(N2C(=O)Nc3ccc(Br)cc3[C@]2(O)C(=O)NCCCN2C[C@H](C)C[C@@H](C)C2)c(OC)c1. The van der Waals surface area contributed by atoms with Crippen molar-refractivity contribution in [2.75, 3.05) is 50.6 Å². The molecule has 2 aromatic carbocycles. The van der Waals surface area contributed by atoms with Crippen LogP contribution in [0.2, 0.25) is 0 Å². The summed E-state index contributed by atoms with van der Waals surface area (Å²) in [5.74, 6) is 1.40. The Hall–Kier alpha value is -2.82. The van der Waals surface area contributed by atoms with Gasteiger partial charge in [0, 0.05) is 35.7 Å². The topological polar surface area (TPSA) is 103 Å². The summed E-state index contributed by atoms with van der Waals surface area (Å²) in [4.78, 5) is 30.5. The molecule has 4 rings (SSSR count). The highest BCUT2D eigenvalue weighted by Crippen LogP contribution is 2.44. The highest BCUT2D eigenvalue weighted by atomic mass is 79.9. The molecule has 0 radical (unpaired) electrons. The molecule has 0 aromatic heterocycles. The molecule has 0 bridgehead atoms. The zero-order valence-electron chi connectivity index (χ0n) is 21.7. The molecule has 200 valence electrons. The summed E-state index contributed by atoms with van der Waals surface area (Å²) in [7, 11) is 2.97. The first-order valence-corrected chi connectivity index (χ1v) is 13.3. The third kappa shape index (κ3) is 5.56. The van der Waals surface area contributed by atoms with Crippen molar-refractivity contribution in [3.63, 3.8) is 0 Å². The van der Waals surface area contributed by atoms with E-state index >= 15 is 0 Å². The van der Waals surface area contributed by atoms with Gasteiger partial charge in [0.2, 0.25) is 0 Å². The van der Waals surface area contributed by atoms with Crippen molar-refractivity contribution >= 4 is 39.2 Å². The Morgan fingerprint density at radius 1 is 1.16 bits per heavy atom. The number of aliphatic hydroxyl groups is 1. The summed E-state index contributed by atoms with van der Waals surface area (Å²) in [5.41, 5.74) is -1.50. The lowest BCUT2D eigenvalue weighted by Gasteiger charge is -2.43. The molecule has 2 aliphatic rings. The fraction of sp³-hybridized carbons (Fsp3) is 0.481. The van der Waals surface area contributed by atoms with E-state index < -0.39 is 17.7 Å². The van der Waals surface area contributed by atoms with Crippen molar-refractivity contribution in [1.82, 2.24) is 10.2 Å². The Balaban J connectivity index is 1.62. The summed E-state index contributed by atoms with van der Waals surface area (Å²) in [6, 6.07) is 9.18. The molecule has 3 amide bonds. The number of fused-ring (bicyclic) bond motifs is 1. The smallest absolute Gasteiger partial charge is 0.329 e. The standard InChI is InChI=1S/C27H35BrN4O5/c1-17-12-18(2)16-31(15-17)11-5-10-29-25(33)27(35)21-13-19(28)6-8-22(21)30-26(34)32(27)23-9-7-20(36-3)14-24(23)37-4/h6-9,13-14,17-18,35H,5,10-12,15-16H2,1-4H3,(H,29,33)(H,30,34)/t17-,18-,27+/m1/s1. The lowest BCUT2D eigenvalue weighted by atomic mass is 9.92. The Bertz CT molecular complexity index is 1150. The van der Waals surface area contributed by atoms with E-state index in [-0.39, 0.29) is 17.0 Å². The summed E-state index contributed by atoms with van der Waals surface area (Å²) >= 11 is 3.43. The van der Waals surface area contributed by atoms with Crippen LogP contribution in [0.1, 0.15) is 32.3 Å². The van der Waals surface area contributed by atoms with Gasteiger partial charge in [-0.2, -0.15) is 0 Å². The Labute approximate surface area is 226 Å². The minimum absolute atomic E-state index is 0.223. The van der Waals surface area contributed by atoms with E-state index in [0.717, 1.165) is 31.0 Å². The lowest BCUT2D eigenvalue weighted by molar-refractivity contribution is -0.140. The highest BCUT2D eigenvalue weighted by Gasteiger charge is 2.52. The van der Waals surface area contributed by atoms with E-state index in [1.807, 2.05) is 0 Å². The van der Waals surface area contributed by atoms with Crippen LogP contribution in [0.3, 0.4) is 0 Å². The lowest BCUT2D eigenvalue weighted by Crippen LogP contribution is -2.62. The maximum atomic E-state index is 13.7. The van der Waals surface area contributed by atoms with E-state index in [0.29, 0.717) is 34.3 Å². The van der Waals surface area contributed by atoms with Crippen molar-refractivity contribution < 1.29 is 24.2 Å². The predicted molar refractivity (Wildman–Crippen MR) is 146 cm³/mol. The summed E-state index contributed by atoms with van der Waals surface area (Å²) < 4.78 is 11.4. The number of nitrogens with one attached hydrogen (secondary N) is 2. The van der Waals surface area contributed by atoms with Gasteiger partial charge in [-0.05, 0) is 61.6 Å². The average molecular weight is 576 g/mol. The number of amides is 3. The molecule has 0 aliphatic carbocycles. The average Bonchev–Trinajstić information content (AvgIpc) is 2.86. The number of methoxy groups -OCH3 is 2. The zero-order chi connectivity index (χ0) is 26.7. The number of benzene rings is 2. The van der Waals surface area contributed by atoms with Gasteiger partial charge in [-0.25, -0.2) is 9.69 Å². The largest absolute Gasteiger partial charge is 0.497 e.